The third kappa shape index (κ3) is 4.26. The molecule has 2 amide bonds. The SMILES string of the molecule is CC(=O)NC[C@H]1CN(c2ccc(N3CCC(/C(N)=N/O)CC3)c(F)c2)C(=O)O1. The molecule has 1 aromatic rings. The normalized spacial score (nSPS) is 21.0. The van der Waals surface area contributed by atoms with Crippen molar-refractivity contribution in [3.05, 3.63) is 24.0 Å². The van der Waals surface area contributed by atoms with E-state index < -0.39 is 18.0 Å². The Balaban J connectivity index is 1.65. The first-order valence-corrected chi connectivity index (χ1v) is 9.13. The predicted molar refractivity (Wildman–Crippen MR) is 101 cm³/mol. The number of halogens is 1. The monoisotopic (exact) mass is 393 g/mol. The number of ether oxygens (including phenoxy) is 1. The second-order valence-electron chi connectivity index (χ2n) is 6.98. The standard InChI is InChI=1S/C18H24FN5O4/c1-11(25)21-9-14-10-24(18(26)28-14)13-2-3-16(15(19)8-13)23-6-4-12(5-7-23)17(20)22-27/h2-3,8,12,14,27H,4-7,9-10H2,1H3,(H2,20,22)(H,21,25)/t14-/m0/s1. The van der Waals surface area contributed by atoms with Gasteiger partial charge in [0.1, 0.15) is 17.8 Å². The summed E-state index contributed by atoms with van der Waals surface area (Å²) in [4.78, 5) is 26.3. The van der Waals surface area contributed by atoms with Gasteiger partial charge in [0.25, 0.3) is 0 Å². The molecule has 0 radical (unpaired) electrons. The Morgan fingerprint density at radius 2 is 2.14 bits per heavy atom. The maximum atomic E-state index is 14.7. The molecule has 2 fully saturated rings. The van der Waals surface area contributed by atoms with Gasteiger partial charge in [-0.05, 0) is 31.0 Å². The highest BCUT2D eigenvalue weighted by Crippen LogP contribution is 2.30. The van der Waals surface area contributed by atoms with Crippen molar-refractivity contribution >= 4 is 29.2 Å². The Hall–Kier alpha value is -3.04. The van der Waals surface area contributed by atoms with Crippen LogP contribution in [0.2, 0.25) is 0 Å². The number of nitrogens with one attached hydrogen (secondary N) is 1. The fourth-order valence-corrected chi connectivity index (χ4v) is 3.51. The third-order valence-electron chi connectivity index (χ3n) is 5.07. The van der Waals surface area contributed by atoms with Crippen LogP contribution in [-0.4, -0.2) is 55.3 Å². The number of benzene rings is 1. The van der Waals surface area contributed by atoms with Gasteiger partial charge in [0.15, 0.2) is 0 Å². The predicted octanol–water partition coefficient (Wildman–Crippen LogP) is 1.25. The van der Waals surface area contributed by atoms with E-state index in [0.29, 0.717) is 37.3 Å². The molecule has 0 aromatic heterocycles. The Morgan fingerprint density at radius 3 is 2.75 bits per heavy atom. The minimum Gasteiger partial charge on any atom is -0.442 e. The van der Waals surface area contributed by atoms with Crippen LogP contribution in [0.4, 0.5) is 20.6 Å². The zero-order valence-electron chi connectivity index (χ0n) is 15.6. The van der Waals surface area contributed by atoms with E-state index in [0.717, 1.165) is 0 Å². The Kier molecular flexibility index (Phi) is 5.86. The number of nitrogens with two attached hydrogens (primary N) is 1. The van der Waals surface area contributed by atoms with Crippen LogP contribution in [0.1, 0.15) is 19.8 Å². The fourth-order valence-electron chi connectivity index (χ4n) is 3.51. The lowest BCUT2D eigenvalue weighted by Gasteiger charge is -2.33. The van der Waals surface area contributed by atoms with E-state index in [1.807, 2.05) is 4.90 Å². The van der Waals surface area contributed by atoms with Gasteiger partial charge in [-0.15, -0.1) is 0 Å². The number of hydrogen-bond acceptors (Lipinski definition) is 6. The highest BCUT2D eigenvalue weighted by molar-refractivity contribution is 5.90. The molecule has 2 aliphatic heterocycles. The van der Waals surface area contributed by atoms with Crippen LogP contribution < -0.4 is 20.9 Å². The van der Waals surface area contributed by atoms with Crippen molar-refractivity contribution < 1.29 is 23.9 Å². The topological polar surface area (TPSA) is 120 Å². The number of anilines is 2. The smallest absolute Gasteiger partial charge is 0.414 e. The molecular formula is C18H24FN5O4. The summed E-state index contributed by atoms with van der Waals surface area (Å²) in [6, 6.07) is 4.63. The van der Waals surface area contributed by atoms with Crippen LogP contribution in [0.5, 0.6) is 0 Å². The van der Waals surface area contributed by atoms with Gasteiger partial charge in [-0.3, -0.25) is 9.69 Å². The zero-order valence-corrected chi connectivity index (χ0v) is 15.6. The van der Waals surface area contributed by atoms with Crippen LogP contribution in [-0.2, 0) is 9.53 Å². The quantitative estimate of drug-likeness (QED) is 0.300. The Bertz CT molecular complexity index is 779. The molecule has 2 heterocycles. The van der Waals surface area contributed by atoms with E-state index in [1.54, 1.807) is 12.1 Å². The lowest BCUT2D eigenvalue weighted by molar-refractivity contribution is -0.119. The van der Waals surface area contributed by atoms with Gasteiger partial charge in [-0.2, -0.15) is 0 Å². The van der Waals surface area contributed by atoms with Gasteiger partial charge in [0.05, 0.1) is 24.5 Å². The maximum Gasteiger partial charge on any atom is 0.414 e. The summed E-state index contributed by atoms with van der Waals surface area (Å²) in [5.74, 6) is -0.445. The van der Waals surface area contributed by atoms with Gasteiger partial charge in [-0.1, -0.05) is 5.16 Å². The van der Waals surface area contributed by atoms with Crippen LogP contribution in [0.25, 0.3) is 0 Å². The molecular weight excluding hydrogens is 369 g/mol. The first-order valence-electron chi connectivity index (χ1n) is 9.13. The summed E-state index contributed by atoms with van der Waals surface area (Å²) in [5, 5.41) is 14.4. The Morgan fingerprint density at radius 1 is 1.43 bits per heavy atom. The molecule has 0 unspecified atom stereocenters. The number of rotatable bonds is 5. The highest BCUT2D eigenvalue weighted by atomic mass is 19.1. The summed E-state index contributed by atoms with van der Waals surface area (Å²) in [6.45, 7) is 3.01. The number of amidine groups is 1. The number of oxime groups is 1. The van der Waals surface area contributed by atoms with Crippen molar-refractivity contribution in [3.63, 3.8) is 0 Å². The molecule has 3 rings (SSSR count). The van der Waals surface area contributed by atoms with E-state index in [9.17, 15) is 14.0 Å². The van der Waals surface area contributed by atoms with Gasteiger partial charge in [0.2, 0.25) is 5.91 Å². The molecule has 4 N–H and O–H groups in total. The lowest BCUT2D eigenvalue weighted by atomic mass is 9.95. The van der Waals surface area contributed by atoms with E-state index in [-0.39, 0.29) is 30.8 Å². The molecule has 2 aliphatic rings. The summed E-state index contributed by atoms with van der Waals surface area (Å²) >= 11 is 0. The second-order valence-corrected chi connectivity index (χ2v) is 6.98. The van der Waals surface area contributed by atoms with Gasteiger partial charge in [-0.25, -0.2) is 9.18 Å². The minimum absolute atomic E-state index is 0.0106. The zero-order chi connectivity index (χ0) is 20.3. The highest BCUT2D eigenvalue weighted by Gasteiger charge is 2.33. The van der Waals surface area contributed by atoms with Gasteiger partial charge >= 0.3 is 6.09 Å². The number of carbonyl (C=O) groups is 2. The average Bonchev–Trinajstić information content (AvgIpc) is 3.06. The summed E-state index contributed by atoms with van der Waals surface area (Å²) in [7, 11) is 0. The number of piperidine rings is 1. The summed E-state index contributed by atoms with van der Waals surface area (Å²) < 4.78 is 19.9. The Labute approximate surface area is 161 Å². The third-order valence-corrected chi connectivity index (χ3v) is 5.07. The van der Waals surface area contributed by atoms with Gasteiger partial charge < -0.3 is 25.9 Å². The number of amides is 2. The van der Waals surface area contributed by atoms with E-state index in [2.05, 4.69) is 10.5 Å². The molecule has 0 aliphatic carbocycles. The number of nitrogens with zero attached hydrogens (tertiary/aromatic N) is 3. The van der Waals surface area contributed by atoms with Crippen molar-refractivity contribution in [1.82, 2.24) is 5.32 Å². The van der Waals surface area contributed by atoms with E-state index >= 15 is 0 Å². The number of carbonyl (C=O) groups excluding carboxylic acids is 2. The van der Waals surface area contributed by atoms with Crippen LogP contribution in [0, 0.1) is 11.7 Å². The molecule has 2 saturated heterocycles. The van der Waals surface area contributed by atoms with Crippen LogP contribution in [0.15, 0.2) is 23.4 Å². The average molecular weight is 393 g/mol. The molecule has 1 atom stereocenters. The molecule has 152 valence electrons. The van der Waals surface area contributed by atoms with Crippen molar-refractivity contribution in [2.75, 3.05) is 36.0 Å². The first-order chi connectivity index (χ1) is 13.4. The summed E-state index contributed by atoms with van der Waals surface area (Å²) in [6.07, 6.45) is 0.291. The van der Waals surface area contributed by atoms with Gasteiger partial charge in [0, 0.05) is 25.9 Å². The van der Waals surface area contributed by atoms with Crippen molar-refractivity contribution in [3.8, 4) is 0 Å². The number of hydrogen-bond donors (Lipinski definition) is 3. The maximum absolute atomic E-state index is 14.7. The number of cyclic esters (lactones) is 1. The molecule has 1 aromatic carbocycles. The first kappa shape index (κ1) is 19.7. The minimum atomic E-state index is -0.568. The van der Waals surface area contributed by atoms with Crippen molar-refractivity contribution in [2.24, 2.45) is 16.8 Å². The molecule has 28 heavy (non-hydrogen) atoms. The van der Waals surface area contributed by atoms with Crippen LogP contribution in [0.3, 0.4) is 0 Å². The fraction of sp³-hybridized carbons (Fsp3) is 0.500. The van der Waals surface area contributed by atoms with Crippen molar-refractivity contribution in [1.29, 1.82) is 0 Å². The molecule has 9 nitrogen and oxygen atoms in total. The summed E-state index contributed by atoms with van der Waals surface area (Å²) in [5.41, 5.74) is 6.50. The molecule has 10 heteroatoms. The molecule has 0 bridgehead atoms. The molecule has 0 spiro atoms. The van der Waals surface area contributed by atoms with Crippen LogP contribution >= 0.6 is 0 Å². The van der Waals surface area contributed by atoms with Crippen molar-refractivity contribution in [2.45, 2.75) is 25.9 Å². The lowest BCUT2D eigenvalue weighted by Crippen LogP contribution is -2.39. The largest absolute Gasteiger partial charge is 0.442 e. The molecule has 0 saturated carbocycles. The second kappa shape index (κ2) is 8.32. The van der Waals surface area contributed by atoms with E-state index in [1.165, 1.54) is 17.9 Å². The van der Waals surface area contributed by atoms with E-state index in [4.69, 9.17) is 15.7 Å².